The summed E-state index contributed by atoms with van der Waals surface area (Å²) < 4.78 is 8.57. The lowest BCUT2D eigenvalue weighted by Gasteiger charge is -2.32. The number of hydrogen-bond donors (Lipinski definition) is 0. The van der Waals surface area contributed by atoms with E-state index in [1.54, 1.807) is 4.90 Å². The first kappa shape index (κ1) is 22.6. The molecule has 33 heavy (non-hydrogen) atoms. The molecular weight excluding hydrogens is 418 g/mol. The molecule has 0 atom stereocenters. The van der Waals surface area contributed by atoms with Gasteiger partial charge in [0.05, 0.1) is 6.54 Å². The first-order chi connectivity index (χ1) is 15.9. The van der Waals surface area contributed by atoms with Crippen molar-refractivity contribution in [1.82, 2.24) is 14.0 Å². The zero-order chi connectivity index (χ0) is 23.4. The maximum atomic E-state index is 12.9. The monoisotopic (exact) mass is 447 g/mol. The second-order valence-electron chi connectivity index (χ2n) is 8.58. The number of nitrogens with zero attached hydrogens (tertiary/aromatic N) is 3. The third-order valence-electron chi connectivity index (χ3n) is 6.20. The fourth-order valence-electron chi connectivity index (χ4n) is 4.04. The van der Waals surface area contributed by atoms with Gasteiger partial charge in [0.1, 0.15) is 18.4 Å². The molecule has 0 saturated carbocycles. The minimum absolute atomic E-state index is 0.0405. The summed E-state index contributed by atoms with van der Waals surface area (Å²) in [5.41, 5.74) is 2.41. The zero-order valence-electron chi connectivity index (χ0n) is 19.1. The topological polar surface area (TPSA) is 73.5 Å². The van der Waals surface area contributed by atoms with Gasteiger partial charge in [0.2, 0.25) is 5.91 Å². The van der Waals surface area contributed by atoms with Crippen LogP contribution in [0.4, 0.5) is 0 Å². The largest absolute Gasteiger partial charge is 0.490 e. The summed E-state index contributed by atoms with van der Waals surface area (Å²) >= 11 is 0. The Kier molecular flexibility index (Phi) is 6.77. The van der Waals surface area contributed by atoms with Crippen molar-refractivity contribution >= 4 is 5.91 Å². The van der Waals surface area contributed by atoms with Crippen LogP contribution in [-0.4, -0.2) is 39.1 Å². The van der Waals surface area contributed by atoms with Crippen molar-refractivity contribution in [1.29, 1.82) is 0 Å². The predicted molar refractivity (Wildman–Crippen MR) is 127 cm³/mol. The highest BCUT2D eigenvalue weighted by Crippen LogP contribution is 2.21. The zero-order valence-corrected chi connectivity index (χ0v) is 19.1. The summed E-state index contributed by atoms with van der Waals surface area (Å²) in [5.74, 6) is 0.619. The minimum atomic E-state index is -0.479. The van der Waals surface area contributed by atoms with Crippen molar-refractivity contribution in [2.24, 2.45) is 0 Å². The number of carbonyl (C=O) groups excluding carboxylic acids is 1. The summed E-state index contributed by atoms with van der Waals surface area (Å²) in [7, 11) is 0. The van der Waals surface area contributed by atoms with Crippen LogP contribution in [0.25, 0.3) is 0 Å². The molecule has 1 amide bonds. The average Bonchev–Trinajstić information content (AvgIpc) is 2.82. The fraction of sp³-hybridized carbons (Fsp3) is 0.346. The van der Waals surface area contributed by atoms with E-state index in [2.05, 4.69) is 13.8 Å². The third kappa shape index (κ3) is 5.42. The SMILES string of the molecule is Cc1ccc(OC2CCN(C(=O)Cn3c(=O)ccn(Cc4ccccc4)c3=O)CC2)cc1C. The molecule has 0 bridgehead atoms. The summed E-state index contributed by atoms with van der Waals surface area (Å²) in [4.78, 5) is 39.8. The van der Waals surface area contributed by atoms with E-state index in [4.69, 9.17) is 4.74 Å². The average molecular weight is 448 g/mol. The molecule has 0 spiro atoms. The van der Waals surface area contributed by atoms with Gasteiger partial charge in [-0.25, -0.2) is 4.79 Å². The van der Waals surface area contributed by atoms with Gasteiger partial charge >= 0.3 is 5.69 Å². The molecule has 1 aliphatic rings. The summed E-state index contributed by atoms with van der Waals surface area (Å²) in [6.07, 6.45) is 2.94. The number of piperidine rings is 1. The molecule has 1 saturated heterocycles. The van der Waals surface area contributed by atoms with Crippen molar-refractivity contribution < 1.29 is 9.53 Å². The van der Waals surface area contributed by atoms with Crippen LogP contribution < -0.4 is 16.0 Å². The summed E-state index contributed by atoms with van der Waals surface area (Å²) in [5, 5.41) is 0. The van der Waals surface area contributed by atoms with Crippen LogP contribution in [0.15, 0.2) is 70.4 Å². The number of likely N-dealkylation sites (tertiary alicyclic amines) is 1. The van der Waals surface area contributed by atoms with Crippen LogP contribution in [0.1, 0.15) is 29.5 Å². The molecule has 3 aromatic rings. The van der Waals surface area contributed by atoms with Gasteiger partial charge in [0.25, 0.3) is 5.56 Å². The van der Waals surface area contributed by atoms with Gasteiger partial charge in [-0.15, -0.1) is 0 Å². The molecule has 1 aliphatic heterocycles. The number of amides is 1. The van der Waals surface area contributed by atoms with Crippen LogP contribution in [0.5, 0.6) is 5.75 Å². The lowest BCUT2D eigenvalue weighted by molar-refractivity contribution is -0.133. The van der Waals surface area contributed by atoms with Crippen molar-refractivity contribution in [3.63, 3.8) is 0 Å². The smallest absolute Gasteiger partial charge is 0.331 e. The second kappa shape index (κ2) is 9.90. The molecule has 2 aromatic carbocycles. The highest BCUT2D eigenvalue weighted by molar-refractivity contribution is 5.76. The Bertz CT molecular complexity index is 1240. The first-order valence-electron chi connectivity index (χ1n) is 11.3. The number of aryl methyl sites for hydroxylation is 2. The van der Waals surface area contributed by atoms with E-state index in [-0.39, 0.29) is 18.6 Å². The second-order valence-corrected chi connectivity index (χ2v) is 8.58. The van der Waals surface area contributed by atoms with E-state index >= 15 is 0 Å². The number of hydrogen-bond acceptors (Lipinski definition) is 4. The van der Waals surface area contributed by atoms with Gasteiger partial charge in [0.15, 0.2) is 0 Å². The Hall–Kier alpha value is -3.61. The number of aromatic nitrogens is 2. The predicted octanol–water partition coefficient (Wildman–Crippen LogP) is 2.75. The molecule has 4 rings (SSSR count). The molecule has 7 heteroatoms. The van der Waals surface area contributed by atoms with Crippen molar-refractivity contribution in [3.8, 4) is 5.75 Å². The van der Waals surface area contributed by atoms with Gasteiger partial charge in [-0.1, -0.05) is 36.4 Å². The molecule has 172 valence electrons. The Morgan fingerprint density at radius 1 is 0.970 bits per heavy atom. The van der Waals surface area contributed by atoms with Crippen molar-refractivity contribution in [3.05, 3.63) is 98.3 Å². The van der Waals surface area contributed by atoms with Crippen molar-refractivity contribution in [2.75, 3.05) is 13.1 Å². The molecule has 0 aliphatic carbocycles. The number of ether oxygens (including phenoxy) is 1. The van der Waals surface area contributed by atoms with Gasteiger partial charge in [-0.3, -0.25) is 18.7 Å². The Labute approximate surface area is 192 Å². The highest BCUT2D eigenvalue weighted by atomic mass is 16.5. The maximum absolute atomic E-state index is 12.9. The van der Waals surface area contributed by atoms with E-state index in [1.165, 1.54) is 28.0 Å². The van der Waals surface area contributed by atoms with E-state index < -0.39 is 11.2 Å². The Morgan fingerprint density at radius 2 is 1.70 bits per heavy atom. The van der Waals surface area contributed by atoms with E-state index in [9.17, 15) is 14.4 Å². The number of benzene rings is 2. The number of rotatable bonds is 6. The normalized spacial score (nSPS) is 14.3. The fourth-order valence-corrected chi connectivity index (χ4v) is 4.04. The quantitative estimate of drug-likeness (QED) is 0.583. The summed E-state index contributed by atoms with van der Waals surface area (Å²) in [6.45, 7) is 5.29. The van der Waals surface area contributed by atoms with Gasteiger partial charge < -0.3 is 9.64 Å². The molecular formula is C26H29N3O4. The molecule has 0 unspecified atom stereocenters. The van der Waals surface area contributed by atoms with Crippen LogP contribution in [0, 0.1) is 13.8 Å². The van der Waals surface area contributed by atoms with Gasteiger partial charge in [0, 0.05) is 38.2 Å². The molecule has 1 fully saturated rings. The van der Waals surface area contributed by atoms with Crippen LogP contribution in [0.3, 0.4) is 0 Å². The van der Waals surface area contributed by atoms with Gasteiger partial charge in [-0.05, 0) is 42.7 Å². The highest BCUT2D eigenvalue weighted by Gasteiger charge is 2.25. The lowest BCUT2D eigenvalue weighted by atomic mass is 10.1. The van der Waals surface area contributed by atoms with Crippen LogP contribution in [-0.2, 0) is 17.9 Å². The summed E-state index contributed by atoms with van der Waals surface area (Å²) in [6, 6.07) is 16.9. The maximum Gasteiger partial charge on any atom is 0.331 e. The lowest BCUT2D eigenvalue weighted by Crippen LogP contribution is -2.47. The molecule has 7 nitrogen and oxygen atoms in total. The van der Waals surface area contributed by atoms with Crippen LogP contribution >= 0.6 is 0 Å². The molecule has 1 aromatic heterocycles. The minimum Gasteiger partial charge on any atom is -0.490 e. The molecule has 2 heterocycles. The van der Waals surface area contributed by atoms with E-state index in [1.807, 2.05) is 48.5 Å². The Balaban J connectivity index is 1.38. The standard InChI is InChI=1S/C26H29N3O4/c1-19-8-9-23(16-20(19)2)33-22-10-13-27(14-11-22)25(31)18-29-24(30)12-15-28(26(29)32)17-21-6-4-3-5-7-21/h3-9,12,15-16,22H,10-11,13-14,17-18H2,1-2H3. The van der Waals surface area contributed by atoms with E-state index in [0.29, 0.717) is 32.5 Å². The molecule has 0 N–H and O–H groups in total. The van der Waals surface area contributed by atoms with Gasteiger partial charge in [-0.2, -0.15) is 0 Å². The number of carbonyl (C=O) groups is 1. The van der Waals surface area contributed by atoms with Crippen LogP contribution in [0.2, 0.25) is 0 Å². The molecule has 0 radical (unpaired) electrons. The third-order valence-corrected chi connectivity index (χ3v) is 6.20. The van der Waals surface area contributed by atoms with Crippen molar-refractivity contribution in [2.45, 2.75) is 45.9 Å². The Morgan fingerprint density at radius 3 is 2.39 bits per heavy atom. The van der Waals surface area contributed by atoms with E-state index in [0.717, 1.165) is 15.9 Å². The first-order valence-corrected chi connectivity index (χ1v) is 11.3.